The topological polar surface area (TPSA) is 71.5 Å². The van der Waals surface area contributed by atoms with Crippen LogP contribution in [-0.4, -0.2) is 42.0 Å². The molecule has 0 aromatic carbocycles. The molecule has 0 saturated carbocycles. The minimum absolute atomic E-state index is 0.0823. The molecule has 0 aliphatic rings. The molecule has 2 N–H and O–H groups in total. The molecule has 0 aliphatic carbocycles. The molecule has 8 heteroatoms. The van der Waals surface area contributed by atoms with Crippen molar-refractivity contribution < 1.29 is 27.8 Å². The molecule has 0 fully saturated rings. The quantitative estimate of drug-likeness (QED) is 0.779. The third-order valence-corrected chi connectivity index (χ3v) is 2.13. The first kappa shape index (κ1) is 15.2. The minimum Gasteiger partial charge on any atom is -0.478 e. The van der Waals surface area contributed by atoms with E-state index in [4.69, 9.17) is 5.11 Å². The maximum atomic E-state index is 11.8. The van der Waals surface area contributed by atoms with Crippen LogP contribution in [0.1, 0.15) is 16.1 Å². The van der Waals surface area contributed by atoms with Gasteiger partial charge < -0.3 is 15.2 Å². The first-order valence-electron chi connectivity index (χ1n) is 5.39. The number of pyridine rings is 1. The molecule has 19 heavy (non-hydrogen) atoms. The first-order valence-corrected chi connectivity index (χ1v) is 5.39. The van der Waals surface area contributed by atoms with E-state index in [9.17, 15) is 18.0 Å². The molecule has 0 amide bonds. The molecular formula is C11H13F3N2O3. The van der Waals surface area contributed by atoms with Crippen LogP contribution >= 0.6 is 0 Å². The van der Waals surface area contributed by atoms with Crippen LogP contribution in [0.25, 0.3) is 0 Å². The largest absolute Gasteiger partial charge is 0.478 e. The second-order valence-corrected chi connectivity index (χ2v) is 3.73. The number of nitrogens with zero attached hydrogens (tertiary/aromatic N) is 1. The van der Waals surface area contributed by atoms with Crippen molar-refractivity contribution in [3.63, 3.8) is 0 Å². The Morgan fingerprint density at radius 2 is 2.16 bits per heavy atom. The van der Waals surface area contributed by atoms with Gasteiger partial charge in [-0.2, -0.15) is 13.2 Å². The summed E-state index contributed by atoms with van der Waals surface area (Å²) in [5.41, 5.74) is 0.410. The van der Waals surface area contributed by atoms with Gasteiger partial charge in [-0.25, -0.2) is 9.78 Å². The van der Waals surface area contributed by atoms with Gasteiger partial charge in [0.05, 0.1) is 17.9 Å². The number of ether oxygens (including phenoxy) is 1. The van der Waals surface area contributed by atoms with Crippen molar-refractivity contribution in [3.05, 3.63) is 23.4 Å². The lowest BCUT2D eigenvalue weighted by Crippen LogP contribution is -2.20. The van der Waals surface area contributed by atoms with Crippen molar-refractivity contribution in [2.24, 2.45) is 0 Å². The molecule has 0 atom stereocenters. The molecule has 0 aliphatic heterocycles. The number of aromatic nitrogens is 1. The van der Waals surface area contributed by atoms with E-state index in [-0.39, 0.29) is 18.7 Å². The Labute approximate surface area is 107 Å². The van der Waals surface area contributed by atoms with Crippen LogP contribution in [0, 0.1) is 6.92 Å². The normalized spacial score (nSPS) is 11.4. The van der Waals surface area contributed by atoms with Gasteiger partial charge in [0, 0.05) is 6.54 Å². The van der Waals surface area contributed by atoms with Crippen LogP contribution in [0.5, 0.6) is 0 Å². The number of halogens is 3. The van der Waals surface area contributed by atoms with Crippen LogP contribution in [0.15, 0.2) is 12.1 Å². The zero-order valence-corrected chi connectivity index (χ0v) is 10.1. The number of carboxylic acid groups (broad SMARTS) is 1. The van der Waals surface area contributed by atoms with Crippen molar-refractivity contribution in [3.8, 4) is 0 Å². The molecule has 0 radical (unpaired) electrons. The van der Waals surface area contributed by atoms with Gasteiger partial charge in [-0.3, -0.25) is 0 Å². The number of carbonyl (C=O) groups is 1. The summed E-state index contributed by atoms with van der Waals surface area (Å²) in [5.74, 6) is -0.692. The zero-order chi connectivity index (χ0) is 14.5. The summed E-state index contributed by atoms with van der Waals surface area (Å²) < 4.78 is 39.7. The standard InChI is InChI=1S/C11H13F3N2O3/c1-7-8(10(17)18)2-3-9(16-7)15-4-5-19-6-11(12,13)14/h2-3H,4-6H2,1H3,(H,15,16)(H,17,18). The Balaban J connectivity index is 2.38. The number of anilines is 1. The van der Waals surface area contributed by atoms with E-state index in [1.54, 1.807) is 0 Å². The van der Waals surface area contributed by atoms with E-state index in [2.05, 4.69) is 15.0 Å². The Kier molecular flexibility index (Phi) is 5.11. The molecule has 1 aromatic rings. The van der Waals surface area contributed by atoms with E-state index in [1.165, 1.54) is 19.1 Å². The van der Waals surface area contributed by atoms with E-state index in [1.807, 2.05) is 0 Å². The summed E-state index contributed by atoms with van der Waals surface area (Å²) >= 11 is 0. The molecule has 1 rings (SSSR count). The average Bonchev–Trinajstić information content (AvgIpc) is 2.26. The van der Waals surface area contributed by atoms with Crippen molar-refractivity contribution in [2.75, 3.05) is 25.1 Å². The molecule has 1 aromatic heterocycles. The summed E-state index contributed by atoms with van der Waals surface area (Å²) in [7, 11) is 0. The van der Waals surface area contributed by atoms with Gasteiger partial charge in [-0.05, 0) is 19.1 Å². The predicted molar refractivity (Wildman–Crippen MR) is 61.3 cm³/mol. The smallest absolute Gasteiger partial charge is 0.411 e. The first-order chi connectivity index (χ1) is 8.79. The van der Waals surface area contributed by atoms with Crippen LogP contribution < -0.4 is 5.32 Å². The van der Waals surface area contributed by atoms with Crippen molar-refractivity contribution in [1.29, 1.82) is 0 Å². The van der Waals surface area contributed by atoms with Crippen LogP contribution in [0.4, 0.5) is 19.0 Å². The molecule has 0 bridgehead atoms. The number of carboxylic acids is 1. The summed E-state index contributed by atoms with van der Waals surface area (Å²) in [6.45, 7) is 0.268. The molecule has 0 saturated heterocycles. The van der Waals surface area contributed by atoms with Crippen molar-refractivity contribution in [2.45, 2.75) is 13.1 Å². The number of hydrogen-bond acceptors (Lipinski definition) is 4. The lowest BCUT2D eigenvalue weighted by molar-refractivity contribution is -0.172. The number of aryl methyl sites for hydroxylation is 1. The zero-order valence-electron chi connectivity index (χ0n) is 10.1. The summed E-state index contributed by atoms with van der Waals surface area (Å²) in [4.78, 5) is 14.7. The molecule has 0 spiro atoms. The molecule has 5 nitrogen and oxygen atoms in total. The van der Waals surface area contributed by atoms with Gasteiger partial charge in [0.2, 0.25) is 0 Å². The number of rotatable bonds is 6. The van der Waals surface area contributed by atoms with E-state index >= 15 is 0 Å². The third-order valence-electron chi connectivity index (χ3n) is 2.13. The number of alkyl halides is 3. The maximum absolute atomic E-state index is 11.8. The molecule has 1 heterocycles. The lowest BCUT2D eigenvalue weighted by Gasteiger charge is -2.09. The summed E-state index contributed by atoms with van der Waals surface area (Å²) in [6.07, 6.45) is -4.34. The second kappa shape index (κ2) is 6.37. The molecule has 106 valence electrons. The SMILES string of the molecule is Cc1nc(NCCOCC(F)(F)F)ccc1C(=O)O. The van der Waals surface area contributed by atoms with Gasteiger partial charge in [-0.1, -0.05) is 0 Å². The molecular weight excluding hydrogens is 265 g/mol. The summed E-state index contributed by atoms with van der Waals surface area (Å²) in [6, 6.07) is 2.82. The van der Waals surface area contributed by atoms with Gasteiger partial charge in [-0.15, -0.1) is 0 Å². The van der Waals surface area contributed by atoms with E-state index in [0.717, 1.165) is 0 Å². The maximum Gasteiger partial charge on any atom is 0.411 e. The fraction of sp³-hybridized carbons (Fsp3) is 0.455. The lowest BCUT2D eigenvalue weighted by atomic mass is 10.2. The number of aromatic carboxylic acids is 1. The predicted octanol–water partition coefficient (Wildman–Crippen LogP) is 2.08. The van der Waals surface area contributed by atoms with E-state index in [0.29, 0.717) is 11.5 Å². The van der Waals surface area contributed by atoms with Gasteiger partial charge >= 0.3 is 12.1 Å². The highest BCUT2D eigenvalue weighted by Gasteiger charge is 2.27. The highest BCUT2D eigenvalue weighted by Crippen LogP contribution is 2.14. The van der Waals surface area contributed by atoms with Crippen molar-refractivity contribution >= 4 is 11.8 Å². The monoisotopic (exact) mass is 278 g/mol. The third kappa shape index (κ3) is 5.56. The van der Waals surface area contributed by atoms with Crippen molar-refractivity contribution in [1.82, 2.24) is 4.98 Å². The van der Waals surface area contributed by atoms with Gasteiger partial charge in [0.15, 0.2) is 0 Å². The Hall–Kier alpha value is -1.83. The number of nitrogens with one attached hydrogen (secondary N) is 1. The minimum atomic E-state index is -4.34. The fourth-order valence-corrected chi connectivity index (χ4v) is 1.32. The van der Waals surface area contributed by atoms with Gasteiger partial charge in [0.25, 0.3) is 0 Å². The highest BCUT2D eigenvalue weighted by atomic mass is 19.4. The Morgan fingerprint density at radius 1 is 1.47 bits per heavy atom. The number of hydrogen-bond donors (Lipinski definition) is 2. The fourth-order valence-electron chi connectivity index (χ4n) is 1.32. The van der Waals surface area contributed by atoms with Crippen LogP contribution in [0.2, 0.25) is 0 Å². The van der Waals surface area contributed by atoms with E-state index < -0.39 is 18.8 Å². The summed E-state index contributed by atoms with van der Waals surface area (Å²) in [5, 5.41) is 11.5. The Bertz CT molecular complexity index is 449. The second-order valence-electron chi connectivity index (χ2n) is 3.73. The Morgan fingerprint density at radius 3 is 2.68 bits per heavy atom. The van der Waals surface area contributed by atoms with Crippen LogP contribution in [-0.2, 0) is 4.74 Å². The van der Waals surface area contributed by atoms with Gasteiger partial charge in [0.1, 0.15) is 12.4 Å². The average molecular weight is 278 g/mol. The highest BCUT2D eigenvalue weighted by molar-refractivity contribution is 5.89. The molecule has 0 unspecified atom stereocenters. The van der Waals surface area contributed by atoms with Crippen LogP contribution in [0.3, 0.4) is 0 Å².